The normalized spacial score (nSPS) is 13.3. The first-order valence-corrected chi connectivity index (χ1v) is 8.32. The number of rotatable bonds is 7. The Balaban J connectivity index is 2.68. The van der Waals surface area contributed by atoms with Crippen LogP contribution < -0.4 is 10.5 Å². The van der Waals surface area contributed by atoms with Gasteiger partial charge >= 0.3 is 0 Å². The van der Waals surface area contributed by atoms with Gasteiger partial charge in [-0.15, -0.1) is 0 Å². The summed E-state index contributed by atoms with van der Waals surface area (Å²) in [5.41, 5.74) is 8.20. The van der Waals surface area contributed by atoms with Gasteiger partial charge in [0, 0.05) is 17.4 Å². The standard InChI is InChI=1S/C14H23NO3S/c1-4-19(16,17)9-5-6-13(15)12-10-11(2)7-8-14(12)18-3/h7-8,10,13H,4-6,9,15H2,1-3H3. The smallest absolute Gasteiger partial charge is 0.150 e. The van der Waals surface area contributed by atoms with Gasteiger partial charge in [-0.05, 0) is 25.8 Å². The molecule has 108 valence electrons. The van der Waals surface area contributed by atoms with Gasteiger partial charge in [-0.3, -0.25) is 0 Å². The highest BCUT2D eigenvalue weighted by Gasteiger charge is 2.14. The Morgan fingerprint density at radius 2 is 2.05 bits per heavy atom. The maximum absolute atomic E-state index is 11.4. The van der Waals surface area contributed by atoms with E-state index in [0.29, 0.717) is 12.8 Å². The van der Waals surface area contributed by atoms with E-state index in [1.165, 1.54) is 0 Å². The van der Waals surface area contributed by atoms with Gasteiger partial charge in [-0.2, -0.15) is 0 Å². The van der Waals surface area contributed by atoms with E-state index in [9.17, 15) is 8.42 Å². The van der Waals surface area contributed by atoms with Crippen LogP contribution in [0.15, 0.2) is 18.2 Å². The van der Waals surface area contributed by atoms with Crippen molar-refractivity contribution in [2.75, 3.05) is 18.6 Å². The zero-order valence-electron chi connectivity index (χ0n) is 11.8. The first-order valence-electron chi connectivity index (χ1n) is 6.50. The molecule has 19 heavy (non-hydrogen) atoms. The van der Waals surface area contributed by atoms with E-state index in [1.807, 2.05) is 25.1 Å². The van der Waals surface area contributed by atoms with Crippen molar-refractivity contribution < 1.29 is 13.2 Å². The van der Waals surface area contributed by atoms with Crippen LogP contribution in [-0.4, -0.2) is 27.0 Å². The molecule has 0 spiro atoms. The zero-order valence-corrected chi connectivity index (χ0v) is 12.7. The van der Waals surface area contributed by atoms with Gasteiger partial charge in [-0.25, -0.2) is 8.42 Å². The minimum atomic E-state index is -2.91. The fraction of sp³-hybridized carbons (Fsp3) is 0.571. The summed E-state index contributed by atoms with van der Waals surface area (Å²) in [4.78, 5) is 0. The average molecular weight is 285 g/mol. The quantitative estimate of drug-likeness (QED) is 0.834. The molecule has 0 fully saturated rings. The SMILES string of the molecule is CCS(=O)(=O)CCCC(N)c1cc(C)ccc1OC. The number of aryl methyl sites for hydroxylation is 1. The van der Waals surface area contributed by atoms with Crippen molar-refractivity contribution in [2.45, 2.75) is 32.7 Å². The van der Waals surface area contributed by atoms with E-state index >= 15 is 0 Å². The number of benzene rings is 1. The minimum Gasteiger partial charge on any atom is -0.496 e. The molecule has 0 amide bonds. The van der Waals surface area contributed by atoms with Crippen molar-refractivity contribution >= 4 is 9.84 Å². The Morgan fingerprint density at radius 1 is 1.37 bits per heavy atom. The molecule has 1 rings (SSSR count). The Labute approximate surface area is 115 Å². The van der Waals surface area contributed by atoms with Crippen molar-refractivity contribution in [1.29, 1.82) is 0 Å². The Hall–Kier alpha value is -1.07. The van der Waals surface area contributed by atoms with Crippen LogP contribution in [-0.2, 0) is 9.84 Å². The molecule has 0 radical (unpaired) electrons. The largest absolute Gasteiger partial charge is 0.496 e. The molecule has 1 atom stereocenters. The van der Waals surface area contributed by atoms with Gasteiger partial charge in [0.2, 0.25) is 0 Å². The third-order valence-electron chi connectivity index (χ3n) is 3.19. The molecule has 0 saturated heterocycles. The first kappa shape index (κ1) is 16.0. The highest BCUT2D eigenvalue weighted by Crippen LogP contribution is 2.27. The van der Waals surface area contributed by atoms with Gasteiger partial charge in [0.25, 0.3) is 0 Å². The van der Waals surface area contributed by atoms with Crippen LogP contribution in [0.4, 0.5) is 0 Å². The lowest BCUT2D eigenvalue weighted by atomic mass is 10.0. The summed E-state index contributed by atoms with van der Waals surface area (Å²) in [6.07, 6.45) is 1.22. The molecule has 0 saturated carbocycles. The van der Waals surface area contributed by atoms with E-state index in [2.05, 4.69) is 0 Å². The lowest BCUT2D eigenvalue weighted by Gasteiger charge is -2.16. The van der Waals surface area contributed by atoms with Crippen LogP contribution in [0.2, 0.25) is 0 Å². The fourth-order valence-electron chi connectivity index (χ4n) is 1.97. The summed E-state index contributed by atoms with van der Waals surface area (Å²) in [6, 6.07) is 5.67. The average Bonchev–Trinajstić information content (AvgIpc) is 2.38. The first-order chi connectivity index (χ1) is 8.89. The number of hydrogen-bond donors (Lipinski definition) is 1. The van der Waals surface area contributed by atoms with Crippen LogP contribution in [0.25, 0.3) is 0 Å². The van der Waals surface area contributed by atoms with Crippen LogP contribution in [0.3, 0.4) is 0 Å². The number of methoxy groups -OCH3 is 1. The topological polar surface area (TPSA) is 69.4 Å². The van der Waals surface area contributed by atoms with Crippen LogP contribution in [0.5, 0.6) is 5.75 Å². The molecule has 1 unspecified atom stereocenters. The van der Waals surface area contributed by atoms with Crippen LogP contribution in [0, 0.1) is 6.92 Å². The molecule has 1 aromatic rings. The monoisotopic (exact) mass is 285 g/mol. The zero-order chi connectivity index (χ0) is 14.5. The molecular formula is C14H23NO3S. The third kappa shape index (κ3) is 4.84. The Bertz CT molecular complexity index is 511. The van der Waals surface area contributed by atoms with Crippen molar-refractivity contribution in [1.82, 2.24) is 0 Å². The molecule has 0 bridgehead atoms. The van der Waals surface area contributed by atoms with Gasteiger partial charge < -0.3 is 10.5 Å². The number of sulfone groups is 1. The van der Waals surface area contributed by atoms with Gasteiger partial charge in [0.15, 0.2) is 0 Å². The molecule has 0 aromatic heterocycles. The summed E-state index contributed by atoms with van der Waals surface area (Å²) in [5.74, 6) is 1.15. The maximum atomic E-state index is 11.4. The van der Waals surface area contributed by atoms with E-state index in [1.54, 1.807) is 14.0 Å². The highest BCUT2D eigenvalue weighted by atomic mass is 32.2. The molecule has 0 heterocycles. The van der Waals surface area contributed by atoms with Gasteiger partial charge in [0.1, 0.15) is 15.6 Å². The molecule has 1 aromatic carbocycles. The number of ether oxygens (including phenoxy) is 1. The van der Waals surface area contributed by atoms with E-state index in [4.69, 9.17) is 10.5 Å². The molecule has 0 aliphatic carbocycles. The molecular weight excluding hydrogens is 262 g/mol. The number of hydrogen-bond acceptors (Lipinski definition) is 4. The lowest BCUT2D eigenvalue weighted by molar-refractivity contribution is 0.404. The molecule has 0 aliphatic heterocycles. The van der Waals surface area contributed by atoms with E-state index < -0.39 is 9.84 Å². The molecule has 4 nitrogen and oxygen atoms in total. The number of nitrogens with two attached hydrogens (primary N) is 1. The summed E-state index contributed by atoms with van der Waals surface area (Å²) in [5, 5.41) is 0. The van der Waals surface area contributed by atoms with Crippen molar-refractivity contribution in [3.8, 4) is 5.75 Å². The second kappa shape index (κ2) is 6.91. The predicted octanol–water partition coefficient (Wildman–Crippen LogP) is 2.22. The second-order valence-electron chi connectivity index (χ2n) is 4.73. The second-order valence-corrected chi connectivity index (χ2v) is 7.20. The maximum Gasteiger partial charge on any atom is 0.150 e. The minimum absolute atomic E-state index is 0.190. The van der Waals surface area contributed by atoms with Crippen LogP contribution in [0.1, 0.15) is 36.9 Å². The van der Waals surface area contributed by atoms with Crippen LogP contribution >= 0.6 is 0 Å². The summed E-state index contributed by atoms with van der Waals surface area (Å²) in [6.45, 7) is 3.66. The van der Waals surface area contributed by atoms with E-state index in [0.717, 1.165) is 16.9 Å². The predicted molar refractivity (Wildman–Crippen MR) is 78.2 cm³/mol. The van der Waals surface area contributed by atoms with Gasteiger partial charge in [0.05, 0.1) is 12.9 Å². The highest BCUT2D eigenvalue weighted by molar-refractivity contribution is 7.91. The molecule has 2 N–H and O–H groups in total. The summed E-state index contributed by atoms with van der Waals surface area (Å²) >= 11 is 0. The lowest BCUT2D eigenvalue weighted by Crippen LogP contribution is -2.15. The summed E-state index contributed by atoms with van der Waals surface area (Å²) < 4.78 is 28.1. The van der Waals surface area contributed by atoms with Crippen molar-refractivity contribution in [2.24, 2.45) is 5.73 Å². The molecule has 5 heteroatoms. The summed E-state index contributed by atoms with van der Waals surface area (Å²) in [7, 11) is -1.29. The fourth-order valence-corrected chi connectivity index (χ4v) is 2.86. The third-order valence-corrected chi connectivity index (χ3v) is 4.99. The van der Waals surface area contributed by atoms with Gasteiger partial charge in [-0.1, -0.05) is 24.6 Å². The van der Waals surface area contributed by atoms with E-state index in [-0.39, 0.29) is 17.5 Å². The van der Waals surface area contributed by atoms with Crippen molar-refractivity contribution in [3.63, 3.8) is 0 Å². The van der Waals surface area contributed by atoms with Crippen molar-refractivity contribution in [3.05, 3.63) is 29.3 Å². The Morgan fingerprint density at radius 3 is 2.63 bits per heavy atom. The molecule has 0 aliphatic rings. The Kier molecular flexibility index (Phi) is 5.82.